The van der Waals surface area contributed by atoms with E-state index in [0.717, 1.165) is 15.5 Å². The van der Waals surface area contributed by atoms with Gasteiger partial charge in [0.1, 0.15) is 5.75 Å². The number of aromatic amines is 1. The zero-order valence-corrected chi connectivity index (χ0v) is 11.5. The normalized spacial score (nSPS) is 10.8. The quantitative estimate of drug-likeness (QED) is 0.724. The van der Waals surface area contributed by atoms with Crippen LogP contribution in [0, 0.1) is 0 Å². The van der Waals surface area contributed by atoms with Gasteiger partial charge in [0, 0.05) is 16.6 Å². The van der Waals surface area contributed by atoms with E-state index in [-0.39, 0.29) is 0 Å². The van der Waals surface area contributed by atoms with Crippen molar-refractivity contribution in [2.45, 2.75) is 9.79 Å². The Hall–Kier alpha value is -2.34. The molecule has 0 atom stereocenters. The molecule has 0 spiro atoms. The van der Waals surface area contributed by atoms with Gasteiger partial charge in [-0.1, -0.05) is 23.9 Å². The Morgan fingerprint density at radius 2 is 2.05 bits per heavy atom. The lowest BCUT2D eigenvalue weighted by atomic mass is 10.3. The van der Waals surface area contributed by atoms with Crippen LogP contribution in [-0.4, -0.2) is 12.1 Å². The van der Waals surface area contributed by atoms with E-state index >= 15 is 0 Å². The number of para-hydroxylation sites is 1. The van der Waals surface area contributed by atoms with Crippen LogP contribution < -0.4 is 16.2 Å². The van der Waals surface area contributed by atoms with E-state index in [1.807, 2.05) is 24.3 Å². The second kappa shape index (κ2) is 4.97. The van der Waals surface area contributed by atoms with Crippen LogP contribution in [0.1, 0.15) is 0 Å². The van der Waals surface area contributed by atoms with Crippen LogP contribution in [0.2, 0.25) is 0 Å². The van der Waals surface area contributed by atoms with Gasteiger partial charge >= 0.3 is 5.76 Å². The van der Waals surface area contributed by atoms with E-state index < -0.39 is 5.76 Å². The van der Waals surface area contributed by atoms with Crippen LogP contribution >= 0.6 is 11.8 Å². The standard InChI is InChI=1S/C14H12N2O3S/c1-18-10-4-2-3-5-12(10)20-13-7-9-11(6-8(13)15)19-14(17)16-9/h2-7H,15H2,1H3,(H,16,17). The highest BCUT2D eigenvalue weighted by Crippen LogP contribution is 2.38. The van der Waals surface area contributed by atoms with Crippen molar-refractivity contribution >= 4 is 28.5 Å². The first-order valence-electron chi connectivity index (χ1n) is 5.90. The summed E-state index contributed by atoms with van der Waals surface area (Å²) < 4.78 is 10.3. The van der Waals surface area contributed by atoms with Crippen molar-refractivity contribution in [1.29, 1.82) is 0 Å². The summed E-state index contributed by atoms with van der Waals surface area (Å²) >= 11 is 1.48. The Morgan fingerprint density at radius 3 is 2.85 bits per heavy atom. The number of oxazole rings is 1. The zero-order chi connectivity index (χ0) is 14.1. The minimum absolute atomic E-state index is 0.455. The van der Waals surface area contributed by atoms with Crippen molar-refractivity contribution < 1.29 is 9.15 Å². The number of benzene rings is 2. The second-order valence-corrected chi connectivity index (χ2v) is 5.24. The van der Waals surface area contributed by atoms with Gasteiger partial charge in [-0.2, -0.15) is 0 Å². The van der Waals surface area contributed by atoms with Gasteiger partial charge in [0.2, 0.25) is 0 Å². The maximum absolute atomic E-state index is 11.2. The molecule has 0 aliphatic rings. The van der Waals surface area contributed by atoms with Gasteiger partial charge < -0.3 is 14.9 Å². The molecule has 2 aromatic carbocycles. The molecular weight excluding hydrogens is 276 g/mol. The molecule has 20 heavy (non-hydrogen) atoms. The Labute approximate surface area is 118 Å². The van der Waals surface area contributed by atoms with E-state index in [2.05, 4.69) is 4.98 Å². The van der Waals surface area contributed by atoms with Crippen LogP contribution in [0.4, 0.5) is 5.69 Å². The minimum atomic E-state index is -0.487. The molecule has 6 heteroatoms. The highest BCUT2D eigenvalue weighted by molar-refractivity contribution is 7.99. The summed E-state index contributed by atoms with van der Waals surface area (Å²) in [5.74, 6) is 0.288. The molecule has 0 bridgehead atoms. The number of hydrogen-bond acceptors (Lipinski definition) is 5. The summed E-state index contributed by atoms with van der Waals surface area (Å²) in [7, 11) is 1.62. The minimum Gasteiger partial charge on any atom is -0.496 e. The average molecular weight is 288 g/mol. The van der Waals surface area contributed by atoms with Gasteiger partial charge in [0.05, 0.1) is 17.5 Å². The van der Waals surface area contributed by atoms with Crippen LogP contribution in [0.25, 0.3) is 11.1 Å². The predicted octanol–water partition coefficient (Wildman–Crippen LogP) is 2.86. The number of nitrogen functional groups attached to an aromatic ring is 1. The number of anilines is 1. The summed E-state index contributed by atoms with van der Waals surface area (Å²) in [6, 6.07) is 11.1. The highest BCUT2D eigenvalue weighted by atomic mass is 32.2. The lowest BCUT2D eigenvalue weighted by molar-refractivity contribution is 0.405. The topological polar surface area (TPSA) is 81.2 Å². The molecule has 1 heterocycles. The van der Waals surface area contributed by atoms with E-state index in [0.29, 0.717) is 16.8 Å². The number of ether oxygens (including phenoxy) is 1. The number of nitrogens with one attached hydrogen (secondary N) is 1. The molecule has 0 aliphatic heterocycles. The SMILES string of the molecule is COc1ccccc1Sc1cc2[nH]c(=O)oc2cc1N. The molecule has 0 radical (unpaired) electrons. The Morgan fingerprint density at radius 1 is 1.25 bits per heavy atom. The first-order valence-corrected chi connectivity index (χ1v) is 6.72. The van der Waals surface area contributed by atoms with Gasteiger partial charge in [-0.25, -0.2) is 4.79 Å². The molecular formula is C14H12N2O3S. The number of aromatic nitrogens is 1. The lowest BCUT2D eigenvalue weighted by Gasteiger charge is -2.09. The van der Waals surface area contributed by atoms with E-state index in [1.165, 1.54) is 11.8 Å². The summed E-state index contributed by atoms with van der Waals surface area (Å²) in [6.07, 6.45) is 0. The van der Waals surface area contributed by atoms with Crippen molar-refractivity contribution in [2.24, 2.45) is 0 Å². The molecule has 102 valence electrons. The monoisotopic (exact) mass is 288 g/mol. The maximum atomic E-state index is 11.2. The van der Waals surface area contributed by atoms with Crippen LogP contribution in [-0.2, 0) is 0 Å². The molecule has 0 fully saturated rings. The van der Waals surface area contributed by atoms with Crippen molar-refractivity contribution in [1.82, 2.24) is 4.98 Å². The fourth-order valence-electron chi connectivity index (χ4n) is 1.90. The fraction of sp³-hybridized carbons (Fsp3) is 0.0714. The molecule has 0 amide bonds. The summed E-state index contributed by atoms with van der Waals surface area (Å²) in [4.78, 5) is 15.6. The Bertz CT molecular complexity index is 823. The first-order chi connectivity index (χ1) is 9.67. The largest absolute Gasteiger partial charge is 0.496 e. The molecule has 3 rings (SSSR count). The fourth-order valence-corrected chi connectivity index (χ4v) is 2.89. The number of fused-ring (bicyclic) bond motifs is 1. The zero-order valence-electron chi connectivity index (χ0n) is 10.7. The number of hydrogen-bond donors (Lipinski definition) is 2. The summed E-state index contributed by atoms with van der Waals surface area (Å²) in [5, 5.41) is 0. The molecule has 3 aromatic rings. The van der Waals surface area contributed by atoms with Crippen LogP contribution in [0.5, 0.6) is 5.75 Å². The summed E-state index contributed by atoms with van der Waals surface area (Å²) in [5.41, 5.74) is 7.63. The molecule has 0 unspecified atom stereocenters. The lowest BCUT2D eigenvalue weighted by Crippen LogP contribution is -1.93. The van der Waals surface area contributed by atoms with Crippen LogP contribution in [0.3, 0.4) is 0 Å². The molecule has 0 saturated heterocycles. The van der Waals surface area contributed by atoms with Gasteiger partial charge in [0.15, 0.2) is 5.58 Å². The van der Waals surface area contributed by atoms with Gasteiger partial charge in [-0.3, -0.25) is 4.98 Å². The molecule has 0 saturated carbocycles. The number of methoxy groups -OCH3 is 1. The third-order valence-electron chi connectivity index (χ3n) is 2.84. The van der Waals surface area contributed by atoms with E-state index in [4.69, 9.17) is 14.9 Å². The molecule has 0 aliphatic carbocycles. The average Bonchev–Trinajstić information content (AvgIpc) is 2.79. The third kappa shape index (κ3) is 2.25. The first kappa shape index (κ1) is 12.7. The molecule has 3 N–H and O–H groups in total. The number of nitrogens with two attached hydrogens (primary N) is 1. The van der Waals surface area contributed by atoms with E-state index in [9.17, 15) is 4.79 Å². The third-order valence-corrected chi connectivity index (χ3v) is 3.97. The second-order valence-electron chi connectivity index (χ2n) is 4.15. The Balaban J connectivity index is 2.05. The number of H-pyrrole nitrogens is 1. The van der Waals surface area contributed by atoms with Crippen molar-refractivity contribution in [3.05, 3.63) is 46.9 Å². The van der Waals surface area contributed by atoms with Gasteiger partial charge in [0.25, 0.3) is 0 Å². The maximum Gasteiger partial charge on any atom is 0.417 e. The molecule has 1 aromatic heterocycles. The number of rotatable bonds is 3. The Kier molecular flexibility index (Phi) is 3.15. The highest BCUT2D eigenvalue weighted by Gasteiger charge is 2.10. The molecule has 5 nitrogen and oxygen atoms in total. The summed E-state index contributed by atoms with van der Waals surface area (Å²) in [6.45, 7) is 0. The van der Waals surface area contributed by atoms with Crippen molar-refractivity contribution in [2.75, 3.05) is 12.8 Å². The van der Waals surface area contributed by atoms with Crippen molar-refractivity contribution in [3.8, 4) is 5.75 Å². The van der Waals surface area contributed by atoms with Crippen molar-refractivity contribution in [3.63, 3.8) is 0 Å². The smallest absolute Gasteiger partial charge is 0.417 e. The van der Waals surface area contributed by atoms with Crippen LogP contribution in [0.15, 0.2) is 55.4 Å². The van der Waals surface area contributed by atoms with Gasteiger partial charge in [-0.05, 0) is 18.2 Å². The van der Waals surface area contributed by atoms with E-state index in [1.54, 1.807) is 19.2 Å². The predicted molar refractivity (Wildman–Crippen MR) is 78.4 cm³/mol. The van der Waals surface area contributed by atoms with Gasteiger partial charge in [-0.15, -0.1) is 0 Å².